The van der Waals surface area contributed by atoms with E-state index in [2.05, 4.69) is 51.5 Å². The molecule has 0 amide bonds. The molecule has 17 heavy (non-hydrogen) atoms. The van der Waals surface area contributed by atoms with Crippen LogP contribution in [0.5, 0.6) is 0 Å². The zero-order valence-electron chi connectivity index (χ0n) is 11.0. The van der Waals surface area contributed by atoms with E-state index in [4.69, 9.17) is 0 Å². The van der Waals surface area contributed by atoms with Crippen LogP contribution in [-0.2, 0) is 19.5 Å². The van der Waals surface area contributed by atoms with Crippen molar-refractivity contribution in [3.05, 3.63) is 15.9 Å². The minimum Gasteiger partial charge on any atom is -0.298 e. The lowest BCUT2D eigenvalue weighted by molar-refractivity contribution is 0.149. The van der Waals surface area contributed by atoms with Crippen molar-refractivity contribution in [1.29, 1.82) is 0 Å². The average Bonchev–Trinajstić information content (AvgIpc) is 2.53. The number of aromatic nitrogens is 2. The van der Waals surface area contributed by atoms with Gasteiger partial charge in [0.2, 0.25) is 0 Å². The molecule has 1 aliphatic carbocycles. The molecule has 1 fully saturated rings. The number of hydrogen-bond acceptors (Lipinski definition) is 2. The van der Waals surface area contributed by atoms with E-state index in [0.29, 0.717) is 0 Å². The minimum absolute atomic E-state index is 0.784. The van der Waals surface area contributed by atoms with Gasteiger partial charge in [-0.3, -0.25) is 9.58 Å². The highest BCUT2D eigenvalue weighted by Gasteiger charge is 2.24. The lowest BCUT2D eigenvalue weighted by atomic mass is 9.92. The van der Waals surface area contributed by atoms with Crippen LogP contribution < -0.4 is 0 Å². The quantitative estimate of drug-likeness (QED) is 0.832. The summed E-state index contributed by atoms with van der Waals surface area (Å²) in [5, 5.41) is 4.65. The second kappa shape index (κ2) is 5.53. The molecule has 2 rings (SSSR count). The van der Waals surface area contributed by atoms with E-state index in [1.807, 2.05) is 0 Å². The predicted molar refractivity (Wildman–Crippen MR) is 74.1 cm³/mol. The lowest BCUT2D eigenvalue weighted by Crippen LogP contribution is -2.37. The summed E-state index contributed by atoms with van der Waals surface area (Å²) in [4.78, 5) is 2.47. The molecule has 0 bridgehead atoms. The van der Waals surface area contributed by atoms with Gasteiger partial charge < -0.3 is 0 Å². The summed E-state index contributed by atoms with van der Waals surface area (Å²) >= 11 is 3.71. The van der Waals surface area contributed by atoms with Crippen molar-refractivity contribution in [1.82, 2.24) is 14.7 Å². The Balaban J connectivity index is 2.15. The van der Waals surface area contributed by atoms with Crippen LogP contribution in [0.1, 0.15) is 44.5 Å². The molecule has 3 nitrogen and oxygen atoms in total. The Morgan fingerprint density at radius 2 is 2.12 bits per heavy atom. The number of hydrogen-bond donors (Lipinski definition) is 0. The van der Waals surface area contributed by atoms with Crippen LogP contribution in [0.2, 0.25) is 0 Å². The molecule has 1 saturated carbocycles. The highest BCUT2D eigenvalue weighted by molar-refractivity contribution is 9.10. The van der Waals surface area contributed by atoms with Crippen LogP contribution in [0, 0.1) is 0 Å². The van der Waals surface area contributed by atoms with Crippen molar-refractivity contribution < 1.29 is 0 Å². The van der Waals surface area contributed by atoms with E-state index in [9.17, 15) is 0 Å². The summed E-state index contributed by atoms with van der Waals surface area (Å²) in [7, 11) is 2.23. The highest BCUT2D eigenvalue weighted by atomic mass is 79.9. The normalized spacial score (nSPS) is 16.5. The fourth-order valence-corrected chi connectivity index (χ4v) is 3.05. The zero-order valence-corrected chi connectivity index (χ0v) is 12.6. The van der Waals surface area contributed by atoms with E-state index < -0.39 is 0 Å². The van der Waals surface area contributed by atoms with Crippen LogP contribution in [0.4, 0.5) is 0 Å². The van der Waals surface area contributed by atoms with Gasteiger partial charge in [-0.25, -0.2) is 0 Å². The molecular weight excluding hydrogens is 278 g/mol. The number of nitrogens with zero attached hydrogens (tertiary/aromatic N) is 3. The first kappa shape index (κ1) is 13.1. The van der Waals surface area contributed by atoms with Crippen molar-refractivity contribution in [2.45, 2.75) is 58.7 Å². The molecular formula is C13H22BrN3. The van der Waals surface area contributed by atoms with Gasteiger partial charge >= 0.3 is 0 Å². The van der Waals surface area contributed by atoms with E-state index in [0.717, 1.165) is 25.6 Å². The van der Waals surface area contributed by atoms with Crippen LogP contribution >= 0.6 is 15.9 Å². The van der Waals surface area contributed by atoms with Crippen molar-refractivity contribution in [3.8, 4) is 0 Å². The molecule has 1 aromatic heterocycles. The Bertz CT molecular complexity index is 382. The van der Waals surface area contributed by atoms with Gasteiger partial charge in [-0.1, -0.05) is 13.3 Å². The Labute approximate surface area is 112 Å². The van der Waals surface area contributed by atoms with Gasteiger partial charge in [0, 0.05) is 19.1 Å². The van der Waals surface area contributed by atoms with Gasteiger partial charge in [0.15, 0.2) is 0 Å². The van der Waals surface area contributed by atoms with Crippen LogP contribution in [0.15, 0.2) is 4.47 Å². The largest absolute Gasteiger partial charge is 0.298 e. The fourth-order valence-electron chi connectivity index (χ4n) is 2.36. The second-order valence-electron chi connectivity index (χ2n) is 4.88. The molecule has 0 radical (unpaired) electrons. The van der Waals surface area contributed by atoms with Gasteiger partial charge in [0.1, 0.15) is 0 Å². The number of aryl methyl sites for hydroxylation is 2. The summed E-state index contributed by atoms with van der Waals surface area (Å²) in [5.74, 6) is 0. The maximum Gasteiger partial charge on any atom is 0.0767 e. The summed E-state index contributed by atoms with van der Waals surface area (Å²) in [6.07, 6.45) is 5.10. The molecule has 0 spiro atoms. The first-order valence-electron chi connectivity index (χ1n) is 6.61. The van der Waals surface area contributed by atoms with Gasteiger partial charge in [-0.2, -0.15) is 5.10 Å². The smallest absolute Gasteiger partial charge is 0.0767 e. The fraction of sp³-hybridized carbons (Fsp3) is 0.769. The van der Waals surface area contributed by atoms with Crippen molar-refractivity contribution in [2.75, 3.05) is 7.05 Å². The Morgan fingerprint density at radius 3 is 2.59 bits per heavy atom. The Hall–Kier alpha value is -0.350. The second-order valence-corrected chi connectivity index (χ2v) is 5.67. The SMILES string of the molecule is CCc1nn(CC)c(CN(C)C2CCC2)c1Br. The Kier molecular flexibility index (Phi) is 4.26. The van der Waals surface area contributed by atoms with E-state index in [1.54, 1.807) is 0 Å². The minimum atomic E-state index is 0.784. The number of rotatable bonds is 5. The van der Waals surface area contributed by atoms with Gasteiger partial charge in [-0.05, 0) is 49.2 Å². The first-order valence-corrected chi connectivity index (χ1v) is 7.40. The molecule has 4 heteroatoms. The number of halogens is 1. The Morgan fingerprint density at radius 1 is 1.41 bits per heavy atom. The van der Waals surface area contributed by atoms with E-state index >= 15 is 0 Å². The molecule has 1 heterocycles. The summed E-state index contributed by atoms with van der Waals surface area (Å²) < 4.78 is 3.35. The maximum atomic E-state index is 4.65. The molecule has 0 atom stereocenters. The topological polar surface area (TPSA) is 21.1 Å². The van der Waals surface area contributed by atoms with Gasteiger partial charge in [0.05, 0.1) is 15.9 Å². The molecule has 0 unspecified atom stereocenters. The maximum absolute atomic E-state index is 4.65. The molecule has 0 saturated heterocycles. The first-order chi connectivity index (χ1) is 8.17. The standard InChI is InChI=1S/C13H22BrN3/c1-4-11-13(14)12(17(5-2)15-11)9-16(3)10-7-6-8-10/h10H,4-9H2,1-3H3. The molecule has 0 N–H and O–H groups in total. The third kappa shape index (κ3) is 2.58. The van der Waals surface area contributed by atoms with Crippen LogP contribution in [-0.4, -0.2) is 27.8 Å². The lowest BCUT2D eigenvalue weighted by Gasteiger charge is -2.34. The van der Waals surface area contributed by atoms with Gasteiger partial charge in [-0.15, -0.1) is 0 Å². The van der Waals surface area contributed by atoms with Gasteiger partial charge in [0.25, 0.3) is 0 Å². The van der Waals surface area contributed by atoms with Crippen LogP contribution in [0.25, 0.3) is 0 Å². The molecule has 96 valence electrons. The van der Waals surface area contributed by atoms with Crippen molar-refractivity contribution in [2.24, 2.45) is 0 Å². The van der Waals surface area contributed by atoms with Crippen molar-refractivity contribution in [3.63, 3.8) is 0 Å². The predicted octanol–water partition coefficient (Wildman–Crippen LogP) is 3.21. The summed E-state index contributed by atoms with van der Waals surface area (Å²) in [6, 6.07) is 0.784. The average molecular weight is 300 g/mol. The molecule has 0 aliphatic heterocycles. The molecule has 1 aliphatic rings. The van der Waals surface area contributed by atoms with E-state index in [1.165, 1.54) is 35.1 Å². The molecule has 1 aromatic rings. The monoisotopic (exact) mass is 299 g/mol. The third-order valence-electron chi connectivity index (χ3n) is 3.79. The summed E-state index contributed by atoms with van der Waals surface area (Å²) in [6.45, 7) is 6.27. The summed E-state index contributed by atoms with van der Waals surface area (Å²) in [5.41, 5.74) is 2.52. The van der Waals surface area contributed by atoms with Crippen LogP contribution in [0.3, 0.4) is 0 Å². The van der Waals surface area contributed by atoms with Crippen molar-refractivity contribution >= 4 is 15.9 Å². The van der Waals surface area contributed by atoms with E-state index in [-0.39, 0.29) is 0 Å². The third-order valence-corrected chi connectivity index (χ3v) is 4.71. The zero-order chi connectivity index (χ0) is 12.4. The highest BCUT2D eigenvalue weighted by Crippen LogP contribution is 2.28. The molecule has 0 aromatic carbocycles.